The molecule has 0 spiro atoms. The Morgan fingerprint density at radius 1 is 1.50 bits per heavy atom. The molecule has 0 aliphatic carbocycles. The van der Waals surface area contributed by atoms with Crippen molar-refractivity contribution >= 4 is 0 Å². The summed E-state index contributed by atoms with van der Waals surface area (Å²) in [5.41, 5.74) is 2.26. The molecule has 120 valence electrons. The van der Waals surface area contributed by atoms with Gasteiger partial charge in [-0.25, -0.2) is 4.98 Å². The number of hydrogen-bond acceptors (Lipinski definition) is 6. The highest BCUT2D eigenvalue weighted by molar-refractivity contribution is 5.09. The van der Waals surface area contributed by atoms with Crippen molar-refractivity contribution in [3.05, 3.63) is 29.4 Å². The van der Waals surface area contributed by atoms with Crippen molar-refractivity contribution in [3.63, 3.8) is 0 Å². The van der Waals surface area contributed by atoms with Gasteiger partial charge in [-0.05, 0) is 26.3 Å². The summed E-state index contributed by atoms with van der Waals surface area (Å²) in [7, 11) is 1.68. The smallest absolute Gasteiger partial charge is 0.231 e. The Bertz CT molecular complexity index is 594. The van der Waals surface area contributed by atoms with Crippen LogP contribution in [0.15, 0.2) is 10.9 Å². The fourth-order valence-corrected chi connectivity index (χ4v) is 2.89. The molecular formula is C15H23N5O2. The number of H-pyrrole nitrogens is 1. The van der Waals surface area contributed by atoms with Gasteiger partial charge in [0.15, 0.2) is 5.82 Å². The molecule has 7 nitrogen and oxygen atoms in total. The number of piperidine rings is 1. The van der Waals surface area contributed by atoms with Crippen LogP contribution in [-0.4, -0.2) is 51.8 Å². The number of methoxy groups -OCH3 is 1. The lowest BCUT2D eigenvalue weighted by atomic mass is 9.98. The number of likely N-dealkylation sites (tertiary alicyclic amines) is 1. The van der Waals surface area contributed by atoms with Crippen molar-refractivity contribution in [2.75, 3.05) is 26.8 Å². The second kappa shape index (κ2) is 7.02. The lowest BCUT2D eigenvalue weighted by Gasteiger charge is -2.30. The summed E-state index contributed by atoms with van der Waals surface area (Å²) in [5, 5.41) is 4.04. The molecule has 1 fully saturated rings. The number of rotatable bonds is 6. The number of ether oxygens (including phenoxy) is 1. The lowest BCUT2D eigenvalue weighted by molar-refractivity contribution is 0.178. The molecule has 1 atom stereocenters. The Morgan fingerprint density at radius 2 is 2.41 bits per heavy atom. The number of nitrogens with zero attached hydrogens (tertiary/aromatic N) is 4. The molecule has 0 saturated carbocycles. The zero-order valence-corrected chi connectivity index (χ0v) is 13.2. The molecule has 22 heavy (non-hydrogen) atoms. The normalized spacial score (nSPS) is 19.6. The van der Waals surface area contributed by atoms with Gasteiger partial charge in [0, 0.05) is 32.3 Å². The minimum atomic E-state index is 0.316. The Morgan fingerprint density at radius 3 is 3.18 bits per heavy atom. The van der Waals surface area contributed by atoms with E-state index in [-0.39, 0.29) is 0 Å². The van der Waals surface area contributed by atoms with Gasteiger partial charge in [-0.2, -0.15) is 4.98 Å². The predicted octanol–water partition coefficient (Wildman–Crippen LogP) is 1.67. The van der Waals surface area contributed by atoms with E-state index < -0.39 is 0 Å². The summed E-state index contributed by atoms with van der Waals surface area (Å²) in [4.78, 5) is 14.4. The second-order valence-electron chi connectivity index (χ2n) is 5.84. The highest BCUT2D eigenvalue weighted by atomic mass is 16.5. The van der Waals surface area contributed by atoms with E-state index in [1.807, 2.05) is 0 Å². The first kappa shape index (κ1) is 15.2. The maximum absolute atomic E-state index is 5.44. The molecule has 1 aliphatic heterocycles. The van der Waals surface area contributed by atoms with Gasteiger partial charge in [-0.3, -0.25) is 4.90 Å². The molecule has 0 aromatic carbocycles. The third-order valence-corrected chi connectivity index (χ3v) is 4.18. The molecule has 3 heterocycles. The fourth-order valence-electron chi connectivity index (χ4n) is 2.89. The zero-order chi connectivity index (χ0) is 15.4. The van der Waals surface area contributed by atoms with Gasteiger partial charge >= 0.3 is 0 Å². The first-order chi connectivity index (χ1) is 10.8. The summed E-state index contributed by atoms with van der Waals surface area (Å²) in [6.07, 6.45) is 4.70. The number of aromatic nitrogens is 4. The summed E-state index contributed by atoms with van der Waals surface area (Å²) in [6, 6.07) is 0. The van der Waals surface area contributed by atoms with Crippen LogP contribution in [0.1, 0.15) is 41.9 Å². The van der Waals surface area contributed by atoms with Crippen LogP contribution in [0.25, 0.3) is 0 Å². The number of nitrogens with one attached hydrogen (secondary N) is 1. The number of hydrogen-bond donors (Lipinski definition) is 1. The molecule has 2 aromatic heterocycles. The lowest BCUT2D eigenvalue weighted by Crippen LogP contribution is -2.34. The molecule has 0 amide bonds. The maximum atomic E-state index is 5.44. The Kier molecular flexibility index (Phi) is 4.84. The molecular weight excluding hydrogens is 282 g/mol. The molecule has 1 aliphatic rings. The monoisotopic (exact) mass is 305 g/mol. The van der Waals surface area contributed by atoms with Crippen molar-refractivity contribution in [3.8, 4) is 0 Å². The molecule has 7 heteroatoms. The highest BCUT2D eigenvalue weighted by Crippen LogP contribution is 2.26. The van der Waals surface area contributed by atoms with E-state index in [0.717, 1.165) is 55.6 Å². The SMILES string of the molecule is COCCc1noc(C2CCCN(Cc3nc[nH]c3C)C2)n1. The molecule has 1 saturated heterocycles. The predicted molar refractivity (Wildman–Crippen MR) is 80.5 cm³/mol. The van der Waals surface area contributed by atoms with Gasteiger partial charge in [-0.15, -0.1) is 0 Å². The summed E-state index contributed by atoms with van der Waals surface area (Å²) >= 11 is 0. The number of imidazole rings is 1. The van der Waals surface area contributed by atoms with E-state index in [0.29, 0.717) is 18.9 Å². The van der Waals surface area contributed by atoms with Gasteiger partial charge < -0.3 is 14.2 Å². The standard InChI is InChI=1S/C15H23N5O2/c1-11-13(17-10-16-11)9-20-6-3-4-12(8-20)15-18-14(19-22-15)5-7-21-2/h10,12H,3-9H2,1-2H3,(H,16,17). The Balaban J connectivity index is 1.60. The minimum absolute atomic E-state index is 0.316. The van der Waals surface area contributed by atoms with Gasteiger partial charge in [0.1, 0.15) is 0 Å². The third-order valence-electron chi connectivity index (χ3n) is 4.18. The van der Waals surface area contributed by atoms with E-state index in [4.69, 9.17) is 9.26 Å². The molecule has 0 bridgehead atoms. The van der Waals surface area contributed by atoms with Crippen LogP contribution < -0.4 is 0 Å². The van der Waals surface area contributed by atoms with E-state index in [9.17, 15) is 0 Å². The first-order valence-electron chi connectivity index (χ1n) is 7.79. The maximum Gasteiger partial charge on any atom is 0.231 e. The van der Waals surface area contributed by atoms with Gasteiger partial charge in [0.05, 0.1) is 24.5 Å². The van der Waals surface area contributed by atoms with Crippen molar-refractivity contribution in [2.45, 2.75) is 38.6 Å². The molecule has 1 unspecified atom stereocenters. The largest absolute Gasteiger partial charge is 0.384 e. The zero-order valence-electron chi connectivity index (χ0n) is 13.2. The van der Waals surface area contributed by atoms with Crippen LogP contribution in [0.2, 0.25) is 0 Å². The van der Waals surface area contributed by atoms with Crippen LogP contribution in [0.5, 0.6) is 0 Å². The average Bonchev–Trinajstić information content (AvgIpc) is 3.15. The van der Waals surface area contributed by atoms with Crippen molar-refractivity contribution in [2.24, 2.45) is 0 Å². The molecule has 0 radical (unpaired) electrons. The Hall–Kier alpha value is -1.73. The van der Waals surface area contributed by atoms with Gasteiger partial charge in [0.25, 0.3) is 0 Å². The van der Waals surface area contributed by atoms with Gasteiger partial charge in [0.2, 0.25) is 5.89 Å². The van der Waals surface area contributed by atoms with Crippen LogP contribution in [0, 0.1) is 6.92 Å². The van der Waals surface area contributed by atoms with Crippen molar-refractivity contribution < 1.29 is 9.26 Å². The van der Waals surface area contributed by atoms with E-state index in [2.05, 4.69) is 31.9 Å². The van der Waals surface area contributed by atoms with E-state index >= 15 is 0 Å². The summed E-state index contributed by atoms with van der Waals surface area (Å²) in [5.74, 6) is 1.81. The number of aromatic amines is 1. The molecule has 3 rings (SSSR count). The van der Waals surface area contributed by atoms with Crippen LogP contribution in [0.3, 0.4) is 0 Å². The highest BCUT2D eigenvalue weighted by Gasteiger charge is 2.26. The quantitative estimate of drug-likeness (QED) is 0.874. The van der Waals surface area contributed by atoms with Crippen LogP contribution in [0.4, 0.5) is 0 Å². The molecule has 2 aromatic rings. The minimum Gasteiger partial charge on any atom is -0.384 e. The second-order valence-corrected chi connectivity index (χ2v) is 5.84. The van der Waals surface area contributed by atoms with Gasteiger partial charge in [-0.1, -0.05) is 5.16 Å². The fraction of sp³-hybridized carbons (Fsp3) is 0.667. The summed E-state index contributed by atoms with van der Waals surface area (Å²) < 4.78 is 10.5. The molecule has 1 N–H and O–H groups in total. The Labute approximate surface area is 130 Å². The first-order valence-corrected chi connectivity index (χ1v) is 7.79. The summed E-state index contributed by atoms with van der Waals surface area (Å²) in [6.45, 7) is 5.58. The van der Waals surface area contributed by atoms with Crippen LogP contribution in [-0.2, 0) is 17.7 Å². The van der Waals surface area contributed by atoms with Crippen LogP contribution >= 0.6 is 0 Å². The topological polar surface area (TPSA) is 80.1 Å². The van der Waals surface area contributed by atoms with Crippen molar-refractivity contribution in [1.29, 1.82) is 0 Å². The van der Waals surface area contributed by atoms with E-state index in [1.54, 1.807) is 13.4 Å². The van der Waals surface area contributed by atoms with Crippen molar-refractivity contribution in [1.82, 2.24) is 25.0 Å². The number of aryl methyl sites for hydroxylation is 1. The van der Waals surface area contributed by atoms with E-state index in [1.165, 1.54) is 0 Å². The average molecular weight is 305 g/mol. The third kappa shape index (κ3) is 3.53.